The number of benzene rings is 1. The van der Waals surface area contributed by atoms with E-state index in [-0.39, 0.29) is 36.6 Å². The molecule has 0 spiro atoms. The molecule has 4 amide bonds. The average molecular weight is 498 g/mol. The molecule has 1 aromatic heterocycles. The van der Waals surface area contributed by atoms with Crippen molar-refractivity contribution in [1.29, 1.82) is 0 Å². The zero-order valence-electron chi connectivity index (χ0n) is 20.3. The third-order valence-electron chi connectivity index (χ3n) is 6.23. The van der Waals surface area contributed by atoms with Crippen LogP contribution in [0.1, 0.15) is 23.9 Å². The van der Waals surface area contributed by atoms with Crippen molar-refractivity contribution >= 4 is 29.3 Å². The van der Waals surface area contributed by atoms with E-state index in [1.54, 1.807) is 41.3 Å². The summed E-state index contributed by atoms with van der Waals surface area (Å²) in [6.45, 7) is 5.24. The molecule has 0 radical (unpaired) electrons. The number of amides is 4. The molecule has 11 nitrogen and oxygen atoms in total. The van der Waals surface area contributed by atoms with Crippen molar-refractivity contribution in [3.63, 3.8) is 0 Å². The summed E-state index contributed by atoms with van der Waals surface area (Å²) in [7, 11) is 0. The Morgan fingerprint density at radius 1 is 1.08 bits per heavy atom. The standard InChI is InChI=1S/C25H31N5O6/c1-2-35-19-7-5-18(6-8-19)27-22(31)16-20-24(33)26-9-10-30(20)23(32)17-28-11-13-29(14-12-28)25(34)21-4-3-15-36-21/h3-8,15,20H,2,9-14,16-17H2,1H3,(H,26,33)(H,27,31)/t20-/m1/s1. The van der Waals surface area contributed by atoms with Crippen molar-refractivity contribution in [2.75, 3.05) is 57.7 Å². The number of carbonyl (C=O) groups excluding carboxylic acids is 4. The minimum atomic E-state index is -0.879. The van der Waals surface area contributed by atoms with E-state index < -0.39 is 6.04 Å². The van der Waals surface area contributed by atoms with Gasteiger partial charge in [-0.25, -0.2) is 0 Å². The lowest BCUT2D eigenvalue weighted by Gasteiger charge is -2.38. The third kappa shape index (κ3) is 6.22. The maximum atomic E-state index is 13.1. The largest absolute Gasteiger partial charge is 0.494 e. The summed E-state index contributed by atoms with van der Waals surface area (Å²) in [5, 5.41) is 5.53. The fourth-order valence-corrected chi connectivity index (χ4v) is 4.35. The lowest BCUT2D eigenvalue weighted by molar-refractivity contribution is -0.145. The fourth-order valence-electron chi connectivity index (χ4n) is 4.35. The maximum absolute atomic E-state index is 13.1. The van der Waals surface area contributed by atoms with Crippen molar-refractivity contribution in [3.8, 4) is 5.75 Å². The number of nitrogens with one attached hydrogen (secondary N) is 2. The summed E-state index contributed by atoms with van der Waals surface area (Å²) < 4.78 is 10.6. The van der Waals surface area contributed by atoms with Crippen molar-refractivity contribution < 1.29 is 28.3 Å². The van der Waals surface area contributed by atoms with Gasteiger partial charge in [-0.3, -0.25) is 24.1 Å². The number of hydrogen-bond donors (Lipinski definition) is 2. The molecule has 0 bridgehead atoms. The van der Waals surface area contributed by atoms with E-state index in [1.807, 2.05) is 11.8 Å². The molecule has 36 heavy (non-hydrogen) atoms. The topological polar surface area (TPSA) is 124 Å². The first-order chi connectivity index (χ1) is 17.4. The summed E-state index contributed by atoms with van der Waals surface area (Å²) in [5.74, 6) is -0.0866. The minimum Gasteiger partial charge on any atom is -0.494 e. The highest BCUT2D eigenvalue weighted by Crippen LogP contribution is 2.17. The van der Waals surface area contributed by atoms with E-state index >= 15 is 0 Å². The summed E-state index contributed by atoms with van der Waals surface area (Å²) in [6.07, 6.45) is 1.32. The lowest BCUT2D eigenvalue weighted by atomic mass is 10.1. The van der Waals surface area contributed by atoms with Gasteiger partial charge < -0.3 is 29.6 Å². The van der Waals surface area contributed by atoms with Gasteiger partial charge in [-0.15, -0.1) is 0 Å². The Labute approximate surface area is 209 Å². The minimum absolute atomic E-state index is 0.118. The number of anilines is 1. The molecule has 2 aliphatic rings. The molecule has 2 aliphatic heterocycles. The molecule has 0 unspecified atom stereocenters. The van der Waals surface area contributed by atoms with E-state index in [0.717, 1.165) is 0 Å². The SMILES string of the molecule is CCOc1ccc(NC(=O)C[C@@H]2C(=O)NCCN2C(=O)CN2CCN(C(=O)c3ccco3)CC2)cc1. The summed E-state index contributed by atoms with van der Waals surface area (Å²) in [5.41, 5.74) is 0.583. The predicted octanol–water partition coefficient (Wildman–Crippen LogP) is 0.792. The fraction of sp³-hybridized carbons (Fsp3) is 0.440. The molecule has 2 saturated heterocycles. The van der Waals surface area contributed by atoms with Crippen molar-refractivity contribution in [2.24, 2.45) is 0 Å². The maximum Gasteiger partial charge on any atom is 0.289 e. The number of furan rings is 1. The van der Waals surface area contributed by atoms with Crippen LogP contribution in [0.15, 0.2) is 47.1 Å². The molecule has 3 heterocycles. The van der Waals surface area contributed by atoms with Crippen LogP contribution in [-0.2, 0) is 14.4 Å². The Morgan fingerprint density at radius 3 is 2.50 bits per heavy atom. The Kier molecular flexibility index (Phi) is 8.21. The molecular weight excluding hydrogens is 466 g/mol. The number of rotatable bonds is 8. The van der Waals surface area contributed by atoms with Crippen LogP contribution >= 0.6 is 0 Å². The van der Waals surface area contributed by atoms with Gasteiger partial charge in [0, 0.05) is 45.0 Å². The van der Waals surface area contributed by atoms with Crippen LogP contribution in [0.25, 0.3) is 0 Å². The molecule has 0 aliphatic carbocycles. The number of ether oxygens (including phenoxy) is 1. The van der Waals surface area contributed by atoms with Gasteiger partial charge in [0.1, 0.15) is 11.8 Å². The van der Waals surface area contributed by atoms with Gasteiger partial charge >= 0.3 is 0 Å². The molecule has 4 rings (SSSR count). The molecule has 2 N–H and O–H groups in total. The van der Waals surface area contributed by atoms with Crippen molar-refractivity contribution in [1.82, 2.24) is 20.0 Å². The van der Waals surface area contributed by atoms with Gasteiger partial charge in [0.05, 0.1) is 25.8 Å². The first kappa shape index (κ1) is 25.2. The highest BCUT2D eigenvalue weighted by atomic mass is 16.5. The smallest absolute Gasteiger partial charge is 0.289 e. The molecule has 192 valence electrons. The quantitative estimate of drug-likeness (QED) is 0.553. The van der Waals surface area contributed by atoms with Gasteiger partial charge in [-0.1, -0.05) is 0 Å². The summed E-state index contributed by atoms with van der Waals surface area (Å²) in [4.78, 5) is 56.0. The van der Waals surface area contributed by atoms with Gasteiger partial charge in [-0.05, 0) is 43.3 Å². The van der Waals surface area contributed by atoms with Gasteiger partial charge in [0.25, 0.3) is 5.91 Å². The number of piperazine rings is 2. The zero-order chi connectivity index (χ0) is 25.5. The van der Waals surface area contributed by atoms with Crippen LogP contribution in [0.3, 0.4) is 0 Å². The molecule has 0 saturated carbocycles. The molecule has 1 atom stereocenters. The number of carbonyl (C=O) groups is 4. The Hall–Kier alpha value is -3.86. The second-order valence-corrected chi connectivity index (χ2v) is 8.65. The first-order valence-electron chi connectivity index (χ1n) is 12.1. The highest BCUT2D eigenvalue weighted by molar-refractivity contribution is 5.97. The third-order valence-corrected chi connectivity index (χ3v) is 6.23. The van der Waals surface area contributed by atoms with Crippen LogP contribution in [0.5, 0.6) is 5.75 Å². The van der Waals surface area contributed by atoms with E-state index in [9.17, 15) is 19.2 Å². The second kappa shape index (κ2) is 11.7. The Balaban J connectivity index is 1.30. The zero-order valence-corrected chi connectivity index (χ0v) is 20.3. The summed E-state index contributed by atoms with van der Waals surface area (Å²) in [6, 6.07) is 9.38. The van der Waals surface area contributed by atoms with Gasteiger partial charge in [-0.2, -0.15) is 0 Å². The van der Waals surface area contributed by atoms with E-state index in [0.29, 0.717) is 63.1 Å². The molecule has 2 aromatic rings. The lowest BCUT2D eigenvalue weighted by Crippen LogP contribution is -2.60. The highest BCUT2D eigenvalue weighted by Gasteiger charge is 2.35. The van der Waals surface area contributed by atoms with E-state index in [2.05, 4.69) is 10.6 Å². The second-order valence-electron chi connectivity index (χ2n) is 8.65. The number of hydrogen-bond acceptors (Lipinski definition) is 7. The average Bonchev–Trinajstić information content (AvgIpc) is 3.42. The molecule has 1 aromatic carbocycles. The van der Waals surface area contributed by atoms with E-state index in [1.165, 1.54) is 11.2 Å². The Bertz CT molecular complexity index is 1060. The normalized spacial score (nSPS) is 18.5. The monoisotopic (exact) mass is 497 g/mol. The van der Waals surface area contributed by atoms with Crippen molar-refractivity contribution in [2.45, 2.75) is 19.4 Å². The molecular formula is C25H31N5O6. The van der Waals surface area contributed by atoms with E-state index in [4.69, 9.17) is 9.15 Å². The Morgan fingerprint density at radius 2 is 1.83 bits per heavy atom. The predicted molar refractivity (Wildman–Crippen MR) is 130 cm³/mol. The molecule has 11 heteroatoms. The van der Waals surface area contributed by atoms with Gasteiger partial charge in [0.15, 0.2) is 5.76 Å². The first-order valence-corrected chi connectivity index (χ1v) is 12.1. The summed E-state index contributed by atoms with van der Waals surface area (Å²) >= 11 is 0. The molecule has 2 fully saturated rings. The van der Waals surface area contributed by atoms with Crippen LogP contribution < -0.4 is 15.4 Å². The number of nitrogens with zero attached hydrogens (tertiary/aromatic N) is 3. The van der Waals surface area contributed by atoms with Crippen LogP contribution in [0, 0.1) is 0 Å². The van der Waals surface area contributed by atoms with Crippen LogP contribution in [0.4, 0.5) is 5.69 Å². The van der Waals surface area contributed by atoms with Crippen molar-refractivity contribution in [3.05, 3.63) is 48.4 Å². The van der Waals surface area contributed by atoms with Crippen LogP contribution in [0.2, 0.25) is 0 Å². The van der Waals surface area contributed by atoms with Gasteiger partial charge in [0.2, 0.25) is 17.7 Å². The van der Waals surface area contributed by atoms with Crippen LogP contribution in [-0.4, -0.2) is 96.8 Å².